The second-order valence-electron chi connectivity index (χ2n) is 6.47. The van der Waals surface area contributed by atoms with Gasteiger partial charge in [-0.2, -0.15) is 0 Å². The minimum atomic E-state index is -0.608. The molecular weight excluding hydrogens is 370 g/mol. The number of amides is 1. The fourth-order valence-electron chi connectivity index (χ4n) is 2.96. The second-order valence-corrected chi connectivity index (χ2v) is 6.47. The maximum absolute atomic E-state index is 12.4. The molecule has 0 radical (unpaired) electrons. The predicted molar refractivity (Wildman–Crippen MR) is 105 cm³/mol. The Labute approximate surface area is 167 Å². The Morgan fingerprint density at radius 2 is 1.34 bits per heavy atom. The van der Waals surface area contributed by atoms with E-state index in [0.29, 0.717) is 29.2 Å². The number of carbonyl (C=O) groups excluding carboxylic acids is 3. The minimum Gasteiger partial charge on any atom is -0.454 e. The first-order chi connectivity index (χ1) is 14.1. The van der Waals surface area contributed by atoms with Crippen LogP contribution in [0.3, 0.4) is 0 Å². The summed E-state index contributed by atoms with van der Waals surface area (Å²) in [5.41, 5.74) is 1.85. The van der Waals surface area contributed by atoms with E-state index in [1.165, 1.54) is 24.3 Å². The molecule has 6 nitrogen and oxygen atoms in total. The molecule has 29 heavy (non-hydrogen) atoms. The van der Waals surface area contributed by atoms with E-state index in [1.807, 2.05) is 12.1 Å². The fraction of sp³-hybridized carbons (Fsp3) is 0.0870. The van der Waals surface area contributed by atoms with Gasteiger partial charge in [0.15, 0.2) is 11.5 Å². The molecule has 1 aliphatic heterocycles. The van der Waals surface area contributed by atoms with Crippen LogP contribution in [0.1, 0.15) is 36.6 Å². The van der Waals surface area contributed by atoms with Crippen molar-refractivity contribution >= 4 is 17.5 Å². The van der Waals surface area contributed by atoms with Crippen molar-refractivity contribution in [2.75, 3.05) is 6.79 Å². The molecule has 0 saturated heterocycles. The zero-order valence-corrected chi connectivity index (χ0v) is 15.4. The Hall–Kier alpha value is -3.93. The summed E-state index contributed by atoms with van der Waals surface area (Å²) in [7, 11) is 0. The summed E-state index contributed by atoms with van der Waals surface area (Å²) in [6.07, 6.45) is 0. The number of hydrogen-bond acceptors (Lipinski definition) is 5. The first-order valence-electron chi connectivity index (χ1n) is 9.03. The van der Waals surface area contributed by atoms with Crippen LogP contribution in [0.4, 0.5) is 0 Å². The van der Waals surface area contributed by atoms with Crippen molar-refractivity contribution in [2.24, 2.45) is 0 Å². The Bertz CT molecular complexity index is 1070. The van der Waals surface area contributed by atoms with Gasteiger partial charge in [-0.05, 0) is 29.8 Å². The first-order valence-corrected chi connectivity index (χ1v) is 9.03. The van der Waals surface area contributed by atoms with E-state index in [4.69, 9.17) is 9.47 Å². The number of rotatable bonds is 6. The van der Waals surface area contributed by atoms with Crippen molar-refractivity contribution in [3.8, 4) is 11.5 Å². The van der Waals surface area contributed by atoms with Crippen molar-refractivity contribution in [3.63, 3.8) is 0 Å². The van der Waals surface area contributed by atoms with Gasteiger partial charge in [0.2, 0.25) is 18.4 Å². The van der Waals surface area contributed by atoms with Crippen LogP contribution in [0.2, 0.25) is 0 Å². The zero-order valence-electron chi connectivity index (χ0n) is 15.4. The third-order valence-corrected chi connectivity index (χ3v) is 4.54. The number of Topliss-reactive ketones (excluding diaryl/α,β-unsaturated/α-hetero) is 2. The molecule has 6 heteroatoms. The molecule has 3 aromatic rings. The SMILES string of the molecule is O=C(NCc1ccc2c(c1)OCO2)c1ccc(C(=O)C(=O)c2ccccc2)cc1. The summed E-state index contributed by atoms with van der Waals surface area (Å²) in [6, 6.07) is 19.9. The van der Waals surface area contributed by atoms with Crippen LogP contribution in [-0.2, 0) is 6.54 Å². The Kier molecular flexibility index (Phi) is 5.07. The van der Waals surface area contributed by atoms with Gasteiger partial charge in [-0.25, -0.2) is 0 Å². The molecule has 0 bridgehead atoms. The zero-order chi connectivity index (χ0) is 20.2. The van der Waals surface area contributed by atoms with Crippen LogP contribution < -0.4 is 14.8 Å². The van der Waals surface area contributed by atoms with Gasteiger partial charge in [-0.15, -0.1) is 0 Å². The minimum absolute atomic E-state index is 0.197. The van der Waals surface area contributed by atoms with Gasteiger partial charge in [0.05, 0.1) is 0 Å². The molecule has 0 unspecified atom stereocenters. The van der Waals surface area contributed by atoms with Gasteiger partial charge in [0.25, 0.3) is 5.91 Å². The topological polar surface area (TPSA) is 81.7 Å². The number of nitrogens with one attached hydrogen (secondary N) is 1. The van der Waals surface area contributed by atoms with Gasteiger partial charge in [-0.1, -0.05) is 48.5 Å². The summed E-state index contributed by atoms with van der Waals surface area (Å²) in [5, 5.41) is 2.82. The quantitative estimate of drug-likeness (QED) is 0.518. The van der Waals surface area contributed by atoms with E-state index >= 15 is 0 Å². The number of hydrogen-bond donors (Lipinski definition) is 1. The van der Waals surface area contributed by atoms with E-state index in [1.54, 1.807) is 36.4 Å². The highest BCUT2D eigenvalue weighted by Gasteiger charge is 2.18. The average molecular weight is 387 g/mol. The highest BCUT2D eigenvalue weighted by Crippen LogP contribution is 2.32. The van der Waals surface area contributed by atoms with Gasteiger partial charge >= 0.3 is 0 Å². The lowest BCUT2D eigenvalue weighted by atomic mass is 10.0. The maximum Gasteiger partial charge on any atom is 0.251 e. The van der Waals surface area contributed by atoms with E-state index in [-0.39, 0.29) is 18.3 Å². The highest BCUT2D eigenvalue weighted by atomic mass is 16.7. The molecule has 3 aromatic carbocycles. The van der Waals surface area contributed by atoms with Crippen LogP contribution in [0.5, 0.6) is 11.5 Å². The van der Waals surface area contributed by atoms with E-state index in [2.05, 4.69) is 5.32 Å². The fourth-order valence-corrected chi connectivity index (χ4v) is 2.96. The Morgan fingerprint density at radius 1 is 0.724 bits per heavy atom. The van der Waals surface area contributed by atoms with E-state index in [9.17, 15) is 14.4 Å². The van der Waals surface area contributed by atoms with Crippen LogP contribution in [-0.4, -0.2) is 24.3 Å². The number of benzene rings is 3. The Balaban J connectivity index is 1.39. The summed E-state index contributed by atoms with van der Waals surface area (Å²) in [5.74, 6) is -0.127. The molecule has 1 aliphatic rings. The normalized spacial score (nSPS) is 11.7. The molecular formula is C23H17NO5. The molecule has 0 aliphatic carbocycles. The van der Waals surface area contributed by atoms with Crippen LogP contribution >= 0.6 is 0 Å². The molecule has 4 rings (SSSR count). The third-order valence-electron chi connectivity index (χ3n) is 4.54. The molecule has 0 spiro atoms. The van der Waals surface area contributed by atoms with Crippen molar-refractivity contribution in [1.29, 1.82) is 0 Å². The van der Waals surface area contributed by atoms with Gasteiger partial charge in [-0.3, -0.25) is 14.4 Å². The summed E-state index contributed by atoms with van der Waals surface area (Å²) in [4.78, 5) is 37.0. The van der Waals surface area contributed by atoms with Gasteiger partial charge < -0.3 is 14.8 Å². The van der Waals surface area contributed by atoms with Crippen molar-refractivity contribution in [3.05, 3.63) is 95.1 Å². The van der Waals surface area contributed by atoms with Crippen molar-refractivity contribution in [1.82, 2.24) is 5.32 Å². The monoisotopic (exact) mass is 387 g/mol. The molecule has 1 amide bonds. The molecule has 1 heterocycles. The third kappa shape index (κ3) is 4.01. The molecule has 0 fully saturated rings. The maximum atomic E-state index is 12.4. The van der Waals surface area contributed by atoms with E-state index < -0.39 is 11.6 Å². The molecule has 0 saturated carbocycles. The van der Waals surface area contributed by atoms with Crippen LogP contribution in [0.15, 0.2) is 72.8 Å². The smallest absolute Gasteiger partial charge is 0.251 e. The van der Waals surface area contributed by atoms with Crippen LogP contribution in [0, 0.1) is 0 Å². The lowest BCUT2D eigenvalue weighted by Crippen LogP contribution is -2.23. The molecule has 0 aromatic heterocycles. The van der Waals surface area contributed by atoms with Gasteiger partial charge in [0, 0.05) is 23.2 Å². The highest BCUT2D eigenvalue weighted by molar-refractivity contribution is 6.49. The average Bonchev–Trinajstić information content (AvgIpc) is 3.25. The van der Waals surface area contributed by atoms with Crippen molar-refractivity contribution in [2.45, 2.75) is 6.54 Å². The molecule has 0 atom stereocenters. The lowest BCUT2D eigenvalue weighted by Gasteiger charge is -2.07. The summed E-state index contributed by atoms with van der Waals surface area (Å²) < 4.78 is 10.6. The lowest BCUT2D eigenvalue weighted by molar-refractivity contribution is 0.0817. The molecule has 1 N–H and O–H groups in total. The number of ketones is 2. The predicted octanol–water partition coefficient (Wildman–Crippen LogP) is 3.41. The van der Waals surface area contributed by atoms with Crippen molar-refractivity contribution < 1.29 is 23.9 Å². The Morgan fingerprint density at radius 3 is 2.07 bits per heavy atom. The van der Waals surface area contributed by atoms with Crippen LogP contribution in [0.25, 0.3) is 0 Å². The summed E-state index contributed by atoms with van der Waals surface area (Å²) >= 11 is 0. The first kappa shape index (κ1) is 18.4. The standard InChI is InChI=1S/C23H17NO5/c25-21(16-4-2-1-3-5-16)22(26)17-7-9-18(10-8-17)23(27)24-13-15-6-11-19-20(12-15)29-14-28-19/h1-12H,13-14H2,(H,24,27). The van der Waals surface area contributed by atoms with E-state index in [0.717, 1.165) is 5.56 Å². The largest absolute Gasteiger partial charge is 0.454 e. The number of ether oxygens (including phenoxy) is 2. The summed E-state index contributed by atoms with van der Waals surface area (Å²) in [6.45, 7) is 0.519. The molecule has 144 valence electrons. The van der Waals surface area contributed by atoms with Gasteiger partial charge in [0.1, 0.15) is 0 Å². The number of carbonyl (C=O) groups is 3. The second kappa shape index (κ2) is 7.98. The number of fused-ring (bicyclic) bond motifs is 1.